The number of rotatable bonds is 9. The largest absolute Gasteiger partial charge is 0.493 e. The second-order valence-electron chi connectivity index (χ2n) is 6.75. The lowest BCUT2D eigenvalue weighted by atomic mass is 10.1. The number of ether oxygens (including phenoxy) is 2. The van der Waals surface area contributed by atoms with Crippen molar-refractivity contribution in [3.63, 3.8) is 0 Å². The SMILES string of the molecule is [2H]C([2H])([2H])Oc1ccccc1OC([2H])([2H])C([2H])(O)C([2H])([2H])N1CCN(CC(=O)Nc2c(C([2H])([2H])[2H])cccc2C([2H])([2H])[2H])CC1. The van der Waals surface area contributed by atoms with Crippen LogP contribution in [0, 0.1) is 13.7 Å². The molecule has 7 heteroatoms. The number of hydrogen-bond acceptors (Lipinski definition) is 6. The van der Waals surface area contributed by atoms with E-state index in [0.717, 1.165) is 17.0 Å². The Morgan fingerprint density at radius 2 is 1.81 bits per heavy atom. The Hall–Kier alpha value is -2.61. The molecule has 168 valence electrons. The molecule has 2 aromatic rings. The van der Waals surface area contributed by atoms with Crippen LogP contribution in [0.15, 0.2) is 42.5 Å². The number of nitrogens with zero attached hydrogens (tertiary/aromatic N) is 2. The van der Waals surface area contributed by atoms with Crippen molar-refractivity contribution in [2.24, 2.45) is 0 Å². The highest BCUT2D eigenvalue weighted by Crippen LogP contribution is 2.25. The summed E-state index contributed by atoms with van der Waals surface area (Å²) in [7, 11) is -2.93. The predicted molar refractivity (Wildman–Crippen MR) is 122 cm³/mol. The third-order valence-electron chi connectivity index (χ3n) is 4.55. The molecule has 0 saturated carbocycles. The van der Waals surface area contributed by atoms with Crippen LogP contribution in [0.4, 0.5) is 5.69 Å². The maximum Gasteiger partial charge on any atom is 0.238 e. The fraction of sp³-hybridized carbons (Fsp3) is 0.458. The number of methoxy groups -OCH3 is 1. The summed E-state index contributed by atoms with van der Waals surface area (Å²) in [5, 5.41) is 13.3. The maximum atomic E-state index is 12.9. The lowest BCUT2D eigenvalue weighted by molar-refractivity contribution is -0.117. The summed E-state index contributed by atoms with van der Waals surface area (Å²) in [5.74, 6) is -1.64. The minimum absolute atomic E-state index is 0.00479. The molecule has 1 unspecified atom stereocenters. The summed E-state index contributed by atoms with van der Waals surface area (Å²) in [6.45, 7) is -12.7. The molecule has 7 nitrogen and oxygen atoms in total. The van der Waals surface area contributed by atoms with E-state index >= 15 is 0 Å². The van der Waals surface area contributed by atoms with Gasteiger partial charge >= 0.3 is 0 Å². The maximum absolute atomic E-state index is 12.9. The van der Waals surface area contributed by atoms with Gasteiger partial charge in [-0.15, -0.1) is 0 Å². The topological polar surface area (TPSA) is 74.3 Å². The summed E-state index contributed by atoms with van der Waals surface area (Å²) in [5.41, 5.74) is -1.03. The van der Waals surface area contributed by atoms with Gasteiger partial charge in [0.2, 0.25) is 5.91 Å². The van der Waals surface area contributed by atoms with Crippen LogP contribution >= 0.6 is 0 Å². The van der Waals surface area contributed by atoms with Crippen molar-refractivity contribution in [1.29, 1.82) is 0 Å². The Bertz CT molecular complexity index is 1320. The molecule has 1 saturated heterocycles. The number of benzene rings is 2. The van der Waals surface area contributed by atoms with Crippen LogP contribution in [-0.2, 0) is 4.79 Å². The Morgan fingerprint density at radius 1 is 1.13 bits per heavy atom. The number of anilines is 1. The van der Waals surface area contributed by atoms with Crippen molar-refractivity contribution in [2.75, 3.05) is 58.1 Å². The Kier molecular flexibility index (Phi) is 3.88. The molecular formula is C24H33N3O4. The first-order valence-electron chi connectivity index (χ1n) is 16.5. The summed E-state index contributed by atoms with van der Waals surface area (Å²) >= 11 is 0. The molecule has 0 spiro atoms. The number of amides is 1. The van der Waals surface area contributed by atoms with Gasteiger partial charge in [-0.1, -0.05) is 30.3 Å². The molecule has 2 N–H and O–H groups in total. The van der Waals surface area contributed by atoms with E-state index < -0.39 is 57.3 Å². The highest BCUT2D eigenvalue weighted by molar-refractivity contribution is 5.93. The van der Waals surface area contributed by atoms with Gasteiger partial charge < -0.3 is 19.9 Å². The lowest BCUT2D eigenvalue weighted by Crippen LogP contribution is -2.50. The van der Waals surface area contributed by atoms with Crippen LogP contribution in [0.25, 0.3) is 0 Å². The van der Waals surface area contributed by atoms with Crippen molar-refractivity contribution < 1.29 is 38.6 Å². The standard InChI is InChI=1S/C24H33N3O4/c1-18-7-6-8-19(2)24(18)25-23(29)16-27-13-11-26(12-14-27)15-20(28)17-31-22-10-5-4-9-21(22)30-3/h4-10,20,28H,11-17H2,1-3H3,(H,25,29)/i1D3,2D3,3D3,15D2,17D2,20D. The zero-order chi connectivity index (χ0) is 34.2. The van der Waals surface area contributed by atoms with Crippen LogP contribution in [0.5, 0.6) is 11.5 Å². The van der Waals surface area contributed by atoms with Gasteiger partial charge in [-0.05, 0) is 37.0 Å². The van der Waals surface area contributed by atoms with E-state index in [2.05, 4.69) is 5.32 Å². The van der Waals surface area contributed by atoms with E-state index in [1.54, 1.807) is 4.90 Å². The van der Waals surface area contributed by atoms with Gasteiger partial charge in [0.15, 0.2) is 11.5 Å². The van der Waals surface area contributed by atoms with Crippen LogP contribution in [0.2, 0.25) is 0 Å². The smallest absolute Gasteiger partial charge is 0.238 e. The number of piperazine rings is 1. The number of nitrogens with one attached hydrogen (secondary N) is 1. The Labute approximate surface area is 204 Å². The summed E-state index contributed by atoms with van der Waals surface area (Å²) < 4.78 is 120. The number of aliphatic hydroxyl groups is 1. The van der Waals surface area contributed by atoms with Crippen molar-refractivity contribution in [3.8, 4) is 11.5 Å². The molecule has 0 radical (unpaired) electrons. The molecule has 1 amide bonds. The van der Waals surface area contributed by atoms with Gasteiger partial charge in [-0.3, -0.25) is 14.6 Å². The summed E-state index contributed by atoms with van der Waals surface area (Å²) in [6.07, 6.45) is -3.57. The molecule has 0 aliphatic carbocycles. The number of carbonyl (C=O) groups is 1. The van der Waals surface area contributed by atoms with Gasteiger partial charge in [0.25, 0.3) is 0 Å². The second-order valence-corrected chi connectivity index (χ2v) is 6.75. The molecular weight excluding hydrogens is 394 g/mol. The first-order chi connectivity index (χ1) is 20.4. The molecule has 1 aliphatic heterocycles. The molecule has 3 rings (SSSR count). The highest BCUT2D eigenvalue weighted by Gasteiger charge is 2.21. The van der Waals surface area contributed by atoms with Crippen LogP contribution in [-0.4, -0.2) is 79.7 Å². The second kappa shape index (κ2) is 11.1. The van der Waals surface area contributed by atoms with E-state index in [1.807, 2.05) is 0 Å². The van der Waals surface area contributed by atoms with Gasteiger partial charge in [0.1, 0.15) is 12.6 Å². The van der Waals surface area contributed by atoms with Crippen molar-refractivity contribution >= 4 is 11.6 Å². The fourth-order valence-corrected chi connectivity index (χ4v) is 2.98. The molecule has 1 aliphatic rings. The number of hydrogen-bond donors (Lipinski definition) is 2. The van der Waals surface area contributed by atoms with E-state index in [-0.39, 0.29) is 49.5 Å². The molecule has 31 heavy (non-hydrogen) atoms. The van der Waals surface area contributed by atoms with Gasteiger partial charge in [-0.25, -0.2) is 0 Å². The minimum atomic E-state index is -3.57. The zero-order valence-electron chi connectivity index (χ0n) is 30.6. The lowest BCUT2D eigenvalue weighted by Gasteiger charge is -2.35. The van der Waals surface area contributed by atoms with Gasteiger partial charge in [-0.2, -0.15) is 0 Å². The van der Waals surface area contributed by atoms with Gasteiger partial charge in [0.05, 0.1) is 21.8 Å². The quantitative estimate of drug-likeness (QED) is 0.622. The van der Waals surface area contributed by atoms with E-state index in [4.69, 9.17) is 28.7 Å². The van der Waals surface area contributed by atoms with E-state index in [1.165, 1.54) is 30.3 Å². The molecule has 1 heterocycles. The zero-order valence-corrected chi connectivity index (χ0v) is 16.6. The summed E-state index contributed by atoms with van der Waals surface area (Å²) in [4.78, 5) is 15.4. The average molecular weight is 442 g/mol. The number of β-amino-alcohol motifs (C(OH)–C–C–N with tert-alkyl or cyclic N) is 1. The Morgan fingerprint density at radius 3 is 2.48 bits per heavy atom. The molecule has 1 fully saturated rings. The molecule has 1 atom stereocenters. The first-order valence-corrected chi connectivity index (χ1v) is 9.47. The number of aryl methyl sites for hydroxylation is 2. The van der Waals surface area contributed by atoms with E-state index in [9.17, 15) is 9.90 Å². The molecule has 0 bridgehead atoms. The number of carbonyl (C=O) groups excluding carboxylic acids is 1. The van der Waals surface area contributed by atoms with Gasteiger partial charge in [0, 0.05) is 49.3 Å². The molecule has 0 aromatic heterocycles. The average Bonchev–Trinajstić information content (AvgIpc) is 2.87. The first kappa shape index (κ1) is 10.8. The van der Waals surface area contributed by atoms with Crippen molar-refractivity contribution in [1.82, 2.24) is 9.80 Å². The number of para-hydroxylation sites is 3. The third-order valence-corrected chi connectivity index (χ3v) is 4.55. The minimum Gasteiger partial charge on any atom is -0.493 e. The monoisotopic (exact) mass is 441 g/mol. The normalized spacial score (nSPS) is 25.8. The molecule has 2 aromatic carbocycles. The fourth-order valence-electron chi connectivity index (χ4n) is 2.98. The van der Waals surface area contributed by atoms with Crippen LogP contribution < -0.4 is 14.8 Å². The Balaban J connectivity index is 1.70. The third kappa shape index (κ3) is 6.69. The predicted octanol–water partition coefficient (Wildman–Crippen LogP) is 2.31. The van der Waals surface area contributed by atoms with Crippen molar-refractivity contribution in [2.45, 2.75) is 19.8 Å². The summed E-state index contributed by atoms with van der Waals surface area (Å²) in [6, 6.07) is 8.70. The van der Waals surface area contributed by atoms with Crippen molar-refractivity contribution in [3.05, 3.63) is 53.6 Å². The van der Waals surface area contributed by atoms with Crippen LogP contribution in [0.3, 0.4) is 0 Å². The highest BCUT2D eigenvalue weighted by atomic mass is 16.5. The van der Waals surface area contributed by atoms with E-state index in [0.29, 0.717) is 0 Å². The van der Waals surface area contributed by atoms with Crippen LogP contribution in [0.1, 0.15) is 30.3 Å².